The van der Waals surface area contributed by atoms with Gasteiger partial charge in [-0.25, -0.2) is 0 Å². The summed E-state index contributed by atoms with van der Waals surface area (Å²) in [5, 5.41) is 23.4. The molecule has 0 aromatic heterocycles. The first-order chi connectivity index (χ1) is 31.2. The Bertz CT molecular complexity index is 875. The van der Waals surface area contributed by atoms with Crippen molar-refractivity contribution in [1.82, 2.24) is 5.32 Å². The zero-order chi connectivity index (χ0) is 45.6. The van der Waals surface area contributed by atoms with E-state index in [0.717, 1.165) is 25.7 Å². The Morgan fingerprint density at radius 3 is 0.873 bits per heavy atom. The van der Waals surface area contributed by atoms with E-state index in [-0.39, 0.29) is 12.5 Å². The molecule has 4 heteroatoms. The molecule has 0 fully saturated rings. The summed E-state index contributed by atoms with van der Waals surface area (Å²) in [5.41, 5.74) is 0. The van der Waals surface area contributed by atoms with Crippen LogP contribution in [0.3, 0.4) is 0 Å². The molecule has 0 heterocycles. The third-order valence-electron chi connectivity index (χ3n) is 14.0. The molecule has 0 aliphatic carbocycles. The third-order valence-corrected chi connectivity index (χ3v) is 14.0. The van der Waals surface area contributed by atoms with Gasteiger partial charge in [-0.2, -0.15) is 0 Å². The summed E-state index contributed by atoms with van der Waals surface area (Å²) >= 11 is 0. The smallest absolute Gasteiger partial charge is 0.220 e. The topological polar surface area (TPSA) is 69.6 Å². The van der Waals surface area contributed by atoms with Crippen LogP contribution in [0.15, 0.2) is 12.2 Å². The molecular weight excluding hydrogens is 771 g/mol. The number of amides is 1. The molecular formula is C59H117NO3. The zero-order valence-electron chi connectivity index (χ0n) is 43.4. The average Bonchev–Trinajstić information content (AvgIpc) is 3.29. The molecule has 0 aliphatic rings. The number of aliphatic hydroxyl groups excluding tert-OH is 2. The lowest BCUT2D eigenvalue weighted by Gasteiger charge is -2.22. The van der Waals surface area contributed by atoms with Crippen molar-refractivity contribution in [1.29, 1.82) is 0 Å². The van der Waals surface area contributed by atoms with E-state index in [4.69, 9.17) is 0 Å². The largest absolute Gasteiger partial charge is 0.394 e. The maximum atomic E-state index is 12.5. The fraction of sp³-hybridized carbons (Fsp3) is 0.949. The molecule has 0 aromatic carbocycles. The molecule has 376 valence electrons. The molecule has 0 bridgehead atoms. The normalized spacial score (nSPS) is 12.8. The molecule has 0 spiro atoms. The van der Waals surface area contributed by atoms with E-state index in [0.29, 0.717) is 12.8 Å². The van der Waals surface area contributed by atoms with Gasteiger partial charge >= 0.3 is 0 Å². The monoisotopic (exact) mass is 888 g/mol. The fourth-order valence-electron chi connectivity index (χ4n) is 9.54. The molecule has 63 heavy (non-hydrogen) atoms. The second-order valence-electron chi connectivity index (χ2n) is 20.4. The quantitative estimate of drug-likeness (QED) is 0.0421. The van der Waals surface area contributed by atoms with Crippen LogP contribution in [0.2, 0.25) is 0 Å². The molecule has 0 saturated carbocycles. The van der Waals surface area contributed by atoms with Crippen LogP contribution in [-0.4, -0.2) is 34.9 Å². The first kappa shape index (κ1) is 62.1. The summed E-state index contributed by atoms with van der Waals surface area (Å²) in [4.78, 5) is 12.5. The van der Waals surface area contributed by atoms with Crippen LogP contribution in [0.1, 0.15) is 341 Å². The number of nitrogens with one attached hydrogen (secondary N) is 1. The molecule has 0 aromatic rings. The number of rotatable bonds is 55. The minimum absolute atomic E-state index is 0.0244. The highest BCUT2D eigenvalue weighted by atomic mass is 16.3. The molecule has 2 unspecified atom stereocenters. The summed E-state index contributed by atoms with van der Waals surface area (Å²) in [7, 11) is 0. The molecule has 0 rings (SSSR count). The van der Waals surface area contributed by atoms with Gasteiger partial charge < -0.3 is 15.5 Å². The van der Waals surface area contributed by atoms with E-state index >= 15 is 0 Å². The third kappa shape index (κ3) is 52.0. The second-order valence-corrected chi connectivity index (χ2v) is 20.4. The van der Waals surface area contributed by atoms with Gasteiger partial charge in [0.1, 0.15) is 0 Å². The van der Waals surface area contributed by atoms with Crippen molar-refractivity contribution < 1.29 is 15.0 Å². The van der Waals surface area contributed by atoms with Gasteiger partial charge in [0.25, 0.3) is 0 Å². The van der Waals surface area contributed by atoms with E-state index in [1.807, 2.05) is 0 Å². The van der Waals surface area contributed by atoms with Gasteiger partial charge in [0.15, 0.2) is 0 Å². The molecule has 1 amide bonds. The van der Waals surface area contributed by atoms with E-state index in [2.05, 4.69) is 31.3 Å². The second kappa shape index (κ2) is 55.5. The van der Waals surface area contributed by atoms with Gasteiger partial charge in [-0.3, -0.25) is 4.79 Å². The number of unbranched alkanes of at least 4 members (excludes halogenated alkanes) is 46. The molecule has 0 radical (unpaired) electrons. The van der Waals surface area contributed by atoms with Gasteiger partial charge in [-0.05, 0) is 38.5 Å². The highest BCUT2D eigenvalue weighted by Gasteiger charge is 2.20. The van der Waals surface area contributed by atoms with Crippen molar-refractivity contribution in [2.75, 3.05) is 6.61 Å². The standard InChI is InChI=1S/C59H117NO3/c1-3-5-7-9-11-13-15-17-19-21-23-25-27-28-29-30-31-32-33-35-37-39-41-43-45-47-49-51-53-55-59(63)60-57(56-61)58(62)54-52-50-48-46-44-42-40-38-36-34-26-24-22-20-18-16-14-12-10-8-6-4-2/h28-29,57-58,61-62H,3-27,30-56H2,1-2H3,(H,60,63)/b29-28-. The Morgan fingerprint density at radius 1 is 0.365 bits per heavy atom. The van der Waals surface area contributed by atoms with E-state index in [1.54, 1.807) is 0 Å². The Morgan fingerprint density at radius 2 is 0.603 bits per heavy atom. The Hall–Kier alpha value is -0.870. The molecule has 0 aliphatic heterocycles. The predicted octanol–water partition coefficient (Wildman–Crippen LogP) is 19.3. The van der Waals surface area contributed by atoms with Gasteiger partial charge in [0, 0.05) is 6.42 Å². The Balaban J connectivity index is 3.41. The van der Waals surface area contributed by atoms with Gasteiger partial charge in [-0.15, -0.1) is 0 Å². The van der Waals surface area contributed by atoms with Crippen LogP contribution in [0.25, 0.3) is 0 Å². The lowest BCUT2D eigenvalue weighted by molar-refractivity contribution is -0.123. The summed E-state index contributed by atoms with van der Waals surface area (Å²) in [6, 6.07) is -0.534. The van der Waals surface area contributed by atoms with Crippen molar-refractivity contribution in [2.45, 2.75) is 353 Å². The maximum absolute atomic E-state index is 12.5. The van der Waals surface area contributed by atoms with Gasteiger partial charge in [0.2, 0.25) is 5.91 Å². The van der Waals surface area contributed by atoms with Gasteiger partial charge in [0.05, 0.1) is 18.8 Å². The summed E-state index contributed by atoms with van der Waals surface area (Å²) in [6.45, 7) is 4.40. The molecule has 4 nitrogen and oxygen atoms in total. The van der Waals surface area contributed by atoms with Crippen LogP contribution in [-0.2, 0) is 4.79 Å². The van der Waals surface area contributed by atoms with E-state index in [9.17, 15) is 15.0 Å². The number of carbonyl (C=O) groups excluding carboxylic acids is 1. The minimum atomic E-state index is -0.657. The van der Waals surface area contributed by atoms with Crippen LogP contribution in [0.5, 0.6) is 0 Å². The van der Waals surface area contributed by atoms with Crippen molar-refractivity contribution in [3.05, 3.63) is 12.2 Å². The first-order valence-corrected chi connectivity index (χ1v) is 29.4. The number of aliphatic hydroxyl groups is 2. The molecule has 0 saturated heterocycles. The number of allylic oxidation sites excluding steroid dienone is 2. The highest BCUT2D eigenvalue weighted by Crippen LogP contribution is 2.18. The van der Waals surface area contributed by atoms with E-state index in [1.165, 1.54) is 289 Å². The summed E-state index contributed by atoms with van der Waals surface area (Å²) < 4.78 is 0. The number of hydrogen-bond donors (Lipinski definition) is 3. The van der Waals surface area contributed by atoms with Gasteiger partial charge in [-0.1, -0.05) is 309 Å². The fourth-order valence-corrected chi connectivity index (χ4v) is 9.54. The molecule has 2 atom stereocenters. The van der Waals surface area contributed by atoms with Crippen LogP contribution < -0.4 is 5.32 Å². The molecule has 3 N–H and O–H groups in total. The SMILES string of the molecule is CCCCCCCCCCCCCC/C=C\CCCCCCCCCCCCCCCC(=O)NC(CO)C(O)CCCCCCCCCCCCCCCCCCCCCCCC. The lowest BCUT2D eigenvalue weighted by Crippen LogP contribution is -2.45. The van der Waals surface area contributed by atoms with Crippen molar-refractivity contribution >= 4 is 5.91 Å². The zero-order valence-corrected chi connectivity index (χ0v) is 43.4. The van der Waals surface area contributed by atoms with Crippen LogP contribution in [0, 0.1) is 0 Å². The van der Waals surface area contributed by atoms with Crippen molar-refractivity contribution in [2.24, 2.45) is 0 Å². The van der Waals surface area contributed by atoms with E-state index < -0.39 is 12.1 Å². The Labute approximate surface area is 397 Å². The summed E-state index contributed by atoms with van der Waals surface area (Å²) in [5.74, 6) is -0.0244. The van der Waals surface area contributed by atoms with Crippen LogP contribution >= 0.6 is 0 Å². The minimum Gasteiger partial charge on any atom is -0.394 e. The number of hydrogen-bond acceptors (Lipinski definition) is 3. The summed E-state index contributed by atoms with van der Waals surface area (Å²) in [6.07, 6.45) is 72.1. The Kier molecular flexibility index (Phi) is 54.7. The van der Waals surface area contributed by atoms with Crippen LogP contribution in [0.4, 0.5) is 0 Å². The predicted molar refractivity (Wildman–Crippen MR) is 281 cm³/mol. The highest BCUT2D eigenvalue weighted by molar-refractivity contribution is 5.76. The number of carbonyl (C=O) groups is 1. The van der Waals surface area contributed by atoms with Crippen molar-refractivity contribution in [3.63, 3.8) is 0 Å². The van der Waals surface area contributed by atoms with Crippen molar-refractivity contribution in [3.8, 4) is 0 Å². The average molecular weight is 889 g/mol. The lowest BCUT2D eigenvalue weighted by atomic mass is 10.0. The maximum Gasteiger partial charge on any atom is 0.220 e. The first-order valence-electron chi connectivity index (χ1n) is 29.4.